The van der Waals surface area contributed by atoms with Crippen LogP contribution in [0.3, 0.4) is 0 Å². The number of nitrogens with two attached hydrogens (primary N) is 1. The van der Waals surface area contributed by atoms with Gasteiger partial charge < -0.3 is 5.73 Å². The lowest BCUT2D eigenvalue weighted by atomic mass is 9.64. The van der Waals surface area contributed by atoms with Crippen molar-refractivity contribution in [1.82, 2.24) is 0 Å². The Labute approximate surface area is 92.7 Å². The van der Waals surface area contributed by atoms with Gasteiger partial charge in [-0.2, -0.15) is 0 Å². The van der Waals surface area contributed by atoms with Crippen LogP contribution in [0.15, 0.2) is 24.3 Å². The summed E-state index contributed by atoms with van der Waals surface area (Å²) in [7, 11) is 0. The molecule has 2 N–H and O–H groups in total. The summed E-state index contributed by atoms with van der Waals surface area (Å²) in [5.74, 6) is 0.611. The fourth-order valence-corrected chi connectivity index (χ4v) is 2.44. The molecule has 82 valence electrons. The van der Waals surface area contributed by atoms with E-state index in [-0.39, 0.29) is 0 Å². The maximum absolute atomic E-state index is 5.93. The Kier molecular flexibility index (Phi) is 2.83. The van der Waals surface area contributed by atoms with Crippen LogP contribution >= 0.6 is 0 Å². The van der Waals surface area contributed by atoms with Gasteiger partial charge in [0.15, 0.2) is 0 Å². The summed E-state index contributed by atoms with van der Waals surface area (Å²) in [5.41, 5.74) is 9.14. The summed E-state index contributed by atoms with van der Waals surface area (Å²) in [6.07, 6.45) is 3.87. The van der Waals surface area contributed by atoms with E-state index >= 15 is 0 Å². The van der Waals surface area contributed by atoms with E-state index in [1.807, 2.05) is 0 Å². The number of hydrogen-bond donors (Lipinski definition) is 1. The highest BCUT2D eigenvalue weighted by atomic mass is 14.6. The smallest absolute Gasteiger partial charge is 0.00756 e. The maximum Gasteiger partial charge on any atom is 0.00756 e. The standard InChI is InChI=1S/C14H21N/c1-11(2)12-5-3-6-13(9-12)14(10-15)7-4-8-14/h3,5-6,9,11H,4,7-8,10,15H2,1-2H3. The highest BCUT2D eigenvalue weighted by Crippen LogP contribution is 2.43. The van der Waals surface area contributed by atoms with Gasteiger partial charge >= 0.3 is 0 Å². The van der Waals surface area contributed by atoms with Crippen LogP contribution in [0.5, 0.6) is 0 Å². The van der Waals surface area contributed by atoms with Crippen molar-refractivity contribution in [3.8, 4) is 0 Å². The van der Waals surface area contributed by atoms with Crippen molar-refractivity contribution < 1.29 is 0 Å². The molecule has 1 saturated carbocycles. The van der Waals surface area contributed by atoms with Crippen molar-refractivity contribution in [3.05, 3.63) is 35.4 Å². The summed E-state index contributed by atoms with van der Waals surface area (Å²) in [6, 6.07) is 9.01. The van der Waals surface area contributed by atoms with Gasteiger partial charge in [0.25, 0.3) is 0 Å². The molecule has 0 radical (unpaired) electrons. The maximum atomic E-state index is 5.93. The van der Waals surface area contributed by atoms with Gasteiger partial charge in [0.05, 0.1) is 0 Å². The highest BCUT2D eigenvalue weighted by molar-refractivity contribution is 5.33. The average molecular weight is 203 g/mol. The second-order valence-electron chi connectivity index (χ2n) is 5.12. The van der Waals surface area contributed by atoms with Crippen LogP contribution in [0.25, 0.3) is 0 Å². The lowest BCUT2D eigenvalue weighted by Gasteiger charge is -2.41. The minimum Gasteiger partial charge on any atom is -0.330 e. The van der Waals surface area contributed by atoms with Crippen LogP contribution in [0.1, 0.15) is 50.2 Å². The molecule has 0 heterocycles. The molecule has 0 saturated heterocycles. The van der Waals surface area contributed by atoms with E-state index in [2.05, 4.69) is 38.1 Å². The van der Waals surface area contributed by atoms with Crippen molar-refractivity contribution in [1.29, 1.82) is 0 Å². The van der Waals surface area contributed by atoms with Crippen LogP contribution < -0.4 is 5.73 Å². The molecule has 0 bridgehead atoms. The molecule has 1 aromatic rings. The number of rotatable bonds is 3. The normalized spacial score (nSPS) is 18.9. The summed E-state index contributed by atoms with van der Waals surface area (Å²) < 4.78 is 0. The molecule has 1 aromatic carbocycles. The van der Waals surface area contributed by atoms with Crippen molar-refractivity contribution in [2.75, 3.05) is 6.54 Å². The van der Waals surface area contributed by atoms with Crippen LogP contribution in [0.4, 0.5) is 0 Å². The number of hydrogen-bond acceptors (Lipinski definition) is 1. The first kappa shape index (κ1) is 10.7. The molecule has 2 rings (SSSR count). The van der Waals surface area contributed by atoms with Gasteiger partial charge in [-0.15, -0.1) is 0 Å². The molecule has 1 nitrogen and oxygen atoms in total. The Morgan fingerprint density at radius 3 is 2.53 bits per heavy atom. The van der Waals surface area contributed by atoms with Crippen LogP contribution in [0.2, 0.25) is 0 Å². The predicted octanol–water partition coefficient (Wildman–Crippen LogP) is 3.19. The Bertz CT molecular complexity index is 331. The largest absolute Gasteiger partial charge is 0.330 e. The van der Waals surface area contributed by atoms with Crippen molar-refractivity contribution in [2.24, 2.45) is 5.73 Å². The predicted molar refractivity (Wildman–Crippen MR) is 65.1 cm³/mol. The lowest BCUT2D eigenvalue weighted by Crippen LogP contribution is -2.41. The third kappa shape index (κ3) is 1.81. The summed E-state index contributed by atoms with van der Waals surface area (Å²) in [5, 5.41) is 0. The Morgan fingerprint density at radius 2 is 2.07 bits per heavy atom. The van der Waals surface area contributed by atoms with E-state index in [4.69, 9.17) is 5.73 Å². The summed E-state index contributed by atoms with van der Waals surface area (Å²) in [4.78, 5) is 0. The zero-order chi connectivity index (χ0) is 10.9. The minimum absolute atomic E-state index is 0.310. The molecule has 0 aromatic heterocycles. The van der Waals surface area contributed by atoms with Crippen molar-refractivity contribution in [2.45, 2.75) is 44.4 Å². The molecule has 0 amide bonds. The molecule has 0 aliphatic heterocycles. The van der Waals surface area contributed by atoms with Crippen molar-refractivity contribution >= 4 is 0 Å². The molecule has 1 heteroatoms. The first-order chi connectivity index (χ1) is 7.18. The number of benzene rings is 1. The average Bonchev–Trinajstić information content (AvgIpc) is 2.17. The third-order valence-electron chi connectivity index (χ3n) is 3.87. The van der Waals surface area contributed by atoms with E-state index in [0.29, 0.717) is 11.3 Å². The zero-order valence-corrected chi connectivity index (χ0v) is 9.79. The molecule has 0 unspecified atom stereocenters. The van der Waals surface area contributed by atoms with Gasteiger partial charge in [-0.25, -0.2) is 0 Å². The zero-order valence-electron chi connectivity index (χ0n) is 9.79. The molecule has 1 fully saturated rings. The van der Waals surface area contributed by atoms with Gasteiger partial charge in [-0.3, -0.25) is 0 Å². The third-order valence-corrected chi connectivity index (χ3v) is 3.87. The molecule has 0 atom stereocenters. The molecular weight excluding hydrogens is 182 g/mol. The molecule has 1 aliphatic rings. The Hall–Kier alpha value is -0.820. The van der Waals surface area contributed by atoms with Crippen molar-refractivity contribution in [3.63, 3.8) is 0 Å². The second-order valence-corrected chi connectivity index (χ2v) is 5.12. The van der Waals surface area contributed by atoms with Gasteiger partial charge in [0, 0.05) is 12.0 Å². The fraction of sp³-hybridized carbons (Fsp3) is 0.571. The highest BCUT2D eigenvalue weighted by Gasteiger charge is 2.37. The Morgan fingerprint density at radius 1 is 1.33 bits per heavy atom. The van der Waals surface area contributed by atoms with Crippen LogP contribution in [-0.4, -0.2) is 6.54 Å². The molecule has 0 spiro atoms. The first-order valence-corrected chi connectivity index (χ1v) is 5.98. The quantitative estimate of drug-likeness (QED) is 0.802. The van der Waals surface area contributed by atoms with E-state index in [1.54, 1.807) is 0 Å². The molecular formula is C14H21N. The van der Waals surface area contributed by atoms with Gasteiger partial charge in [0.1, 0.15) is 0 Å². The molecule has 1 aliphatic carbocycles. The summed E-state index contributed by atoms with van der Waals surface area (Å²) in [6.45, 7) is 5.29. The van der Waals surface area contributed by atoms with E-state index < -0.39 is 0 Å². The topological polar surface area (TPSA) is 26.0 Å². The van der Waals surface area contributed by atoms with Gasteiger partial charge in [-0.1, -0.05) is 44.5 Å². The monoisotopic (exact) mass is 203 g/mol. The lowest BCUT2D eigenvalue weighted by molar-refractivity contribution is 0.253. The first-order valence-electron chi connectivity index (χ1n) is 5.98. The summed E-state index contributed by atoms with van der Waals surface area (Å²) >= 11 is 0. The van der Waals surface area contributed by atoms with Gasteiger partial charge in [0.2, 0.25) is 0 Å². The van der Waals surface area contributed by atoms with E-state index in [0.717, 1.165) is 6.54 Å². The minimum atomic E-state index is 0.310. The second kappa shape index (κ2) is 3.97. The van der Waals surface area contributed by atoms with E-state index in [9.17, 15) is 0 Å². The van der Waals surface area contributed by atoms with Gasteiger partial charge in [-0.05, 0) is 29.9 Å². The Balaban J connectivity index is 2.31. The molecule has 15 heavy (non-hydrogen) atoms. The SMILES string of the molecule is CC(C)c1cccc(C2(CN)CCC2)c1. The fourth-order valence-electron chi connectivity index (χ4n) is 2.44. The van der Waals surface area contributed by atoms with E-state index in [1.165, 1.54) is 30.4 Å². The van der Waals surface area contributed by atoms with Crippen LogP contribution in [0, 0.1) is 0 Å². The van der Waals surface area contributed by atoms with Crippen LogP contribution in [-0.2, 0) is 5.41 Å².